The number of halogens is 2. The Morgan fingerprint density at radius 2 is 1.65 bits per heavy atom. The van der Waals surface area contributed by atoms with Gasteiger partial charge in [0.05, 0.1) is 13.0 Å². The van der Waals surface area contributed by atoms with Crippen LogP contribution in [-0.4, -0.2) is 23.5 Å². The van der Waals surface area contributed by atoms with Crippen LogP contribution in [0.4, 0.5) is 0 Å². The van der Waals surface area contributed by atoms with Crippen molar-refractivity contribution in [3.63, 3.8) is 0 Å². The number of carbonyl (C=O) groups is 1. The number of rotatable bonds is 9. The normalized spacial score (nSPS) is 13.2. The molecule has 3 aromatic rings. The van der Waals surface area contributed by atoms with Crippen molar-refractivity contribution in [1.29, 1.82) is 0 Å². The van der Waals surface area contributed by atoms with Crippen molar-refractivity contribution in [3.8, 4) is 0 Å². The SMILES string of the molecule is CC([NH2+]CCC(=O)/C(=C/c1cccc(Cl)c1)c1ccccc1)C(O)c1ccccc1.[Cl-]. The van der Waals surface area contributed by atoms with Gasteiger partial charge in [-0.05, 0) is 41.8 Å². The van der Waals surface area contributed by atoms with Crippen molar-refractivity contribution < 1.29 is 27.6 Å². The summed E-state index contributed by atoms with van der Waals surface area (Å²) in [6, 6.07) is 26.7. The molecule has 2 atom stereocenters. The summed E-state index contributed by atoms with van der Waals surface area (Å²) in [5.41, 5.74) is 3.34. The van der Waals surface area contributed by atoms with Gasteiger partial charge >= 0.3 is 0 Å². The summed E-state index contributed by atoms with van der Waals surface area (Å²) < 4.78 is 0. The Hall–Kier alpha value is -2.43. The highest BCUT2D eigenvalue weighted by Gasteiger charge is 2.20. The number of carbonyl (C=O) groups excluding carboxylic acids is 1. The van der Waals surface area contributed by atoms with Gasteiger partial charge in [-0.25, -0.2) is 0 Å². The highest BCUT2D eigenvalue weighted by Crippen LogP contribution is 2.22. The second kappa shape index (κ2) is 12.4. The number of hydrogen-bond acceptors (Lipinski definition) is 2. The first-order valence-corrected chi connectivity index (χ1v) is 10.5. The van der Waals surface area contributed by atoms with Crippen LogP contribution >= 0.6 is 11.6 Å². The number of benzene rings is 3. The lowest BCUT2D eigenvalue weighted by Gasteiger charge is -2.17. The van der Waals surface area contributed by atoms with E-state index in [4.69, 9.17) is 11.6 Å². The Labute approximate surface area is 195 Å². The molecule has 3 aromatic carbocycles. The van der Waals surface area contributed by atoms with Gasteiger partial charge in [0.15, 0.2) is 5.78 Å². The van der Waals surface area contributed by atoms with Gasteiger partial charge in [0, 0.05) is 10.6 Å². The minimum Gasteiger partial charge on any atom is -1.00 e. The van der Waals surface area contributed by atoms with E-state index in [9.17, 15) is 9.90 Å². The molecule has 0 amide bonds. The fraction of sp³-hybridized carbons (Fsp3) is 0.192. The molecule has 3 rings (SSSR count). The zero-order chi connectivity index (χ0) is 21.3. The molecule has 0 saturated heterocycles. The molecule has 0 aromatic heterocycles. The van der Waals surface area contributed by atoms with E-state index in [2.05, 4.69) is 0 Å². The van der Waals surface area contributed by atoms with E-state index >= 15 is 0 Å². The molecule has 0 fully saturated rings. The third kappa shape index (κ3) is 7.34. The second-order valence-electron chi connectivity index (χ2n) is 7.39. The molecule has 0 radical (unpaired) electrons. The average molecular weight is 456 g/mol. The average Bonchev–Trinajstić information content (AvgIpc) is 2.78. The lowest BCUT2D eigenvalue weighted by molar-refractivity contribution is -0.693. The van der Waals surface area contributed by atoms with E-state index in [1.54, 1.807) is 0 Å². The molecule has 3 nitrogen and oxygen atoms in total. The molecule has 0 heterocycles. The molecular weight excluding hydrogens is 429 g/mol. The Bertz CT molecular complexity index is 991. The molecule has 0 aliphatic heterocycles. The van der Waals surface area contributed by atoms with Crippen molar-refractivity contribution >= 4 is 29.0 Å². The summed E-state index contributed by atoms with van der Waals surface area (Å²) in [7, 11) is 0. The van der Waals surface area contributed by atoms with Crippen LogP contribution in [-0.2, 0) is 4.79 Å². The van der Waals surface area contributed by atoms with Gasteiger partial charge in [0.1, 0.15) is 12.1 Å². The molecule has 0 aliphatic rings. The van der Waals surface area contributed by atoms with E-state index < -0.39 is 6.10 Å². The van der Waals surface area contributed by atoms with Gasteiger partial charge < -0.3 is 22.8 Å². The Kier molecular flexibility index (Phi) is 9.96. The third-order valence-corrected chi connectivity index (χ3v) is 5.33. The third-order valence-electron chi connectivity index (χ3n) is 5.09. The van der Waals surface area contributed by atoms with Gasteiger partial charge in [0.25, 0.3) is 0 Å². The first-order chi connectivity index (χ1) is 14.5. The fourth-order valence-electron chi connectivity index (χ4n) is 3.40. The predicted octanol–water partition coefficient (Wildman–Crippen LogP) is 1.53. The number of quaternary nitrogens is 1. The molecule has 162 valence electrons. The zero-order valence-corrected chi connectivity index (χ0v) is 18.9. The number of hydrogen-bond donors (Lipinski definition) is 2. The van der Waals surface area contributed by atoms with Crippen molar-refractivity contribution in [2.45, 2.75) is 25.5 Å². The van der Waals surface area contributed by atoms with Crippen LogP contribution < -0.4 is 17.7 Å². The van der Waals surface area contributed by atoms with Crippen molar-refractivity contribution in [2.24, 2.45) is 0 Å². The van der Waals surface area contributed by atoms with Crippen LogP contribution in [0.25, 0.3) is 11.6 Å². The molecule has 0 spiro atoms. The highest BCUT2D eigenvalue weighted by molar-refractivity contribution is 6.31. The predicted molar refractivity (Wildman–Crippen MR) is 123 cm³/mol. The molecule has 2 unspecified atom stereocenters. The van der Waals surface area contributed by atoms with Crippen LogP contribution in [0.1, 0.15) is 36.1 Å². The molecule has 0 bridgehead atoms. The highest BCUT2D eigenvalue weighted by atomic mass is 35.5. The van der Waals surface area contributed by atoms with Crippen LogP contribution in [0.15, 0.2) is 84.9 Å². The maximum Gasteiger partial charge on any atom is 0.169 e. The molecular formula is C26H27Cl2NO2. The number of allylic oxidation sites excluding steroid dienone is 1. The van der Waals surface area contributed by atoms with Gasteiger partial charge in [-0.3, -0.25) is 4.79 Å². The second-order valence-corrected chi connectivity index (χ2v) is 7.83. The van der Waals surface area contributed by atoms with Crippen LogP contribution in [0.2, 0.25) is 5.02 Å². The topological polar surface area (TPSA) is 53.9 Å². The number of nitrogens with two attached hydrogens (primary N) is 1. The lowest BCUT2D eigenvalue weighted by atomic mass is 9.97. The van der Waals surface area contributed by atoms with Gasteiger partial charge in [0.2, 0.25) is 0 Å². The maximum absolute atomic E-state index is 13.1. The first kappa shape index (κ1) is 24.8. The largest absolute Gasteiger partial charge is 1.00 e. The van der Waals surface area contributed by atoms with Gasteiger partial charge in [-0.1, -0.05) is 84.4 Å². The molecule has 5 heteroatoms. The monoisotopic (exact) mass is 455 g/mol. The summed E-state index contributed by atoms with van der Waals surface area (Å²) in [5.74, 6) is 0.0684. The van der Waals surface area contributed by atoms with Crippen LogP contribution in [0.5, 0.6) is 0 Å². The summed E-state index contributed by atoms with van der Waals surface area (Å²) >= 11 is 6.11. The summed E-state index contributed by atoms with van der Waals surface area (Å²) in [5, 5.41) is 13.2. The smallest absolute Gasteiger partial charge is 0.169 e. The number of Topliss-reactive ketones (excluding diaryl/α,β-unsaturated/α-hetero) is 1. The van der Waals surface area contributed by atoms with E-state index in [1.807, 2.05) is 103 Å². The number of ketones is 1. The van der Waals surface area contributed by atoms with Crippen molar-refractivity contribution in [1.82, 2.24) is 0 Å². The fourth-order valence-corrected chi connectivity index (χ4v) is 3.60. The molecule has 31 heavy (non-hydrogen) atoms. The lowest BCUT2D eigenvalue weighted by Crippen LogP contribution is -3.00. The first-order valence-electron chi connectivity index (χ1n) is 10.2. The zero-order valence-electron chi connectivity index (χ0n) is 17.4. The van der Waals surface area contributed by atoms with E-state index in [0.717, 1.165) is 16.7 Å². The number of aliphatic hydroxyl groups is 1. The van der Waals surface area contributed by atoms with E-state index in [-0.39, 0.29) is 24.2 Å². The van der Waals surface area contributed by atoms with Crippen molar-refractivity contribution in [3.05, 3.63) is 107 Å². The van der Waals surface area contributed by atoms with Crippen LogP contribution in [0, 0.1) is 0 Å². The Morgan fingerprint density at radius 3 is 2.29 bits per heavy atom. The minimum atomic E-state index is -0.572. The quantitative estimate of drug-likeness (QED) is 0.379. The van der Waals surface area contributed by atoms with Gasteiger partial charge in [-0.2, -0.15) is 0 Å². The standard InChI is InChI=1S/C26H26ClNO2.ClH/c1-19(26(30)22-12-6-3-7-13-22)28-16-15-25(29)24(21-10-4-2-5-11-21)18-20-9-8-14-23(27)17-20;/h2-14,17-19,26,28,30H,15-16H2,1H3;1H/b24-18+;. The maximum atomic E-state index is 13.1. The Morgan fingerprint density at radius 1 is 1.00 bits per heavy atom. The van der Waals surface area contributed by atoms with Gasteiger partial charge in [-0.15, -0.1) is 0 Å². The Balaban J connectivity index is 0.00000341. The molecule has 3 N–H and O–H groups in total. The minimum absolute atomic E-state index is 0. The molecule has 0 aliphatic carbocycles. The summed E-state index contributed by atoms with van der Waals surface area (Å²) in [6.07, 6.45) is 1.70. The molecule has 0 saturated carbocycles. The van der Waals surface area contributed by atoms with Crippen molar-refractivity contribution in [2.75, 3.05) is 6.54 Å². The van der Waals surface area contributed by atoms with E-state index in [1.165, 1.54) is 0 Å². The van der Waals surface area contributed by atoms with Crippen LogP contribution in [0.3, 0.4) is 0 Å². The summed E-state index contributed by atoms with van der Waals surface area (Å²) in [4.78, 5) is 13.1. The number of aliphatic hydroxyl groups excluding tert-OH is 1. The van der Waals surface area contributed by atoms with E-state index in [0.29, 0.717) is 23.6 Å². The summed E-state index contributed by atoms with van der Waals surface area (Å²) in [6.45, 7) is 2.58.